The lowest BCUT2D eigenvalue weighted by Crippen LogP contribution is -2.19. The summed E-state index contributed by atoms with van der Waals surface area (Å²) in [5, 5.41) is 3.40. The Morgan fingerprint density at radius 2 is 2.06 bits per heavy atom. The van der Waals surface area contributed by atoms with Crippen molar-refractivity contribution in [3.05, 3.63) is 27.1 Å². The number of hydrogen-bond acceptors (Lipinski definition) is 2. The second-order valence-corrected chi connectivity index (χ2v) is 6.17. The normalized spacial score (nSPS) is 12.4. The summed E-state index contributed by atoms with van der Waals surface area (Å²) < 4.78 is 7.96. The Hall–Kier alpha value is -0.0600. The number of nitrogens with one attached hydrogen (secondary N) is 1. The first kappa shape index (κ1) is 16.0. The monoisotopic (exact) mass is 377 g/mol. The molecule has 0 spiro atoms. The molecule has 1 atom stereocenters. The number of ether oxygens (including phenoxy) is 1. The molecule has 4 heteroatoms. The molecule has 0 aliphatic heterocycles. The molecule has 1 rings (SSSR count). The molecule has 0 aliphatic carbocycles. The molecule has 1 aromatic carbocycles. The molecule has 0 heterocycles. The Kier molecular flexibility index (Phi) is 7.95. The minimum atomic E-state index is 0.242. The topological polar surface area (TPSA) is 21.3 Å². The van der Waals surface area contributed by atoms with Gasteiger partial charge in [0.25, 0.3) is 0 Å². The smallest absolute Gasteiger partial charge is 0.133 e. The zero-order valence-electron chi connectivity index (χ0n) is 11.0. The number of hydrogen-bond donors (Lipinski definition) is 1. The minimum Gasteiger partial charge on any atom is -0.490 e. The standard InChI is InChI=1S/C14H21Br2NO/c1-3-8-17-9-4-5-11(2)18-14-7-6-12(15)10-13(14)16/h6-7,10-11,17H,3-5,8-9H2,1-2H3. The summed E-state index contributed by atoms with van der Waals surface area (Å²) in [6.07, 6.45) is 3.65. The van der Waals surface area contributed by atoms with Gasteiger partial charge in [-0.05, 0) is 73.4 Å². The highest BCUT2D eigenvalue weighted by molar-refractivity contribution is 9.11. The molecule has 0 aliphatic rings. The molecule has 0 aromatic heterocycles. The van der Waals surface area contributed by atoms with E-state index in [1.807, 2.05) is 18.2 Å². The summed E-state index contributed by atoms with van der Waals surface area (Å²) in [5.74, 6) is 0.909. The molecule has 1 unspecified atom stereocenters. The van der Waals surface area contributed by atoms with Gasteiger partial charge in [-0.15, -0.1) is 0 Å². The molecule has 0 saturated heterocycles. The van der Waals surface area contributed by atoms with E-state index in [4.69, 9.17) is 4.74 Å². The van der Waals surface area contributed by atoms with Crippen molar-refractivity contribution >= 4 is 31.9 Å². The minimum absolute atomic E-state index is 0.242. The second-order valence-electron chi connectivity index (χ2n) is 4.40. The molecule has 0 saturated carbocycles. The third-order valence-electron chi connectivity index (χ3n) is 2.61. The van der Waals surface area contributed by atoms with Crippen molar-refractivity contribution in [1.29, 1.82) is 0 Å². The van der Waals surface area contributed by atoms with Gasteiger partial charge in [-0.2, -0.15) is 0 Å². The maximum absolute atomic E-state index is 5.91. The summed E-state index contributed by atoms with van der Waals surface area (Å²) in [4.78, 5) is 0. The molecule has 1 N–H and O–H groups in total. The van der Waals surface area contributed by atoms with Crippen molar-refractivity contribution in [2.45, 2.75) is 39.2 Å². The van der Waals surface area contributed by atoms with Gasteiger partial charge >= 0.3 is 0 Å². The highest BCUT2D eigenvalue weighted by Gasteiger charge is 2.07. The summed E-state index contributed by atoms with van der Waals surface area (Å²) in [5.41, 5.74) is 0. The molecular formula is C14H21Br2NO. The highest BCUT2D eigenvalue weighted by atomic mass is 79.9. The van der Waals surface area contributed by atoms with E-state index < -0.39 is 0 Å². The fraction of sp³-hybridized carbons (Fsp3) is 0.571. The van der Waals surface area contributed by atoms with Crippen LogP contribution < -0.4 is 10.1 Å². The molecule has 0 amide bonds. The SMILES string of the molecule is CCCNCCCC(C)Oc1ccc(Br)cc1Br. The zero-order chi connectivity index (χ0) is 13.4. The fourth-order valence-corrected chi connectivity index (χ4v) is 2.80. The largest absolute Gasteiger partial charge is 0.490 e. The lowest BCUT2D eigenvalue weighted by molar-refractivity contribution is 0.206. The highest BCUT2D eigenvalue weighted by Crippen LogP contribution is 2.29. The van der Waals surface area contributed by atoms with Crippen LogP contribution in [0.25, 0.3) is 0 Å². The van der Waals surface area contributed by atoms with E-state index in [-0.39, 0.29) is 6.10 Å². The van der Waals surface area contributed by atoms with Gasteiger partial charge in [-0.3, -0.25) is 0 Å². The van der Waals surface area contributed by atoms with Crippen molar-refractivity contribution in [1.82, 2.24) is 5.32 Å². The molecular weight excluding hydrogens is 358 g/mol. The number of halogens is 2. The number of rotatable bonds is 8. The fourth-order valence-electron chi connectivity index (χ4n) is 1.66. The van der Waals surface area contributed by atoms with Crippen LogP contribution in [0.15, 0.2) is 27.1 Å². The Morgan fingerprint density at radius 3 is 2.72 bits per heavy atom. The molecule has 102 valence electrons. The molecule has 1 aromatic rings. The summed E-state index contributed by atoms with van der Waals surface area (Å²) in [7, 11) is 0. The van der Waals surface area contributed by atoms with Crippen LogP contribution in [0.2, 0.25) is 0 Å². The van der Waals surface area contributed by atoms with Crippen LogP contribution in [-0.2, 0) is 0 Å². The van der Waals surface area contributed by atoms with E-state index >= 15 is 0 Å². The van der Waals surface area contributed by atoms with Gasteiger partial charge in [0.1, 0.15) is 5.75 Å². The lowest BCUT2D eigenvalue weighted by atomic mass is 10.2. The van der Waals surface area contributed by atoms with Crippen molar-refractivity contribution in [2.24, 2.45) is 0 Å². The van der Waals surface area contributed by atoms with Gasteiger partial charge in [0.2, 0.25) is 0 Å². The van der Waals surface area contributed by atoms with E-state index in [1.165, 1.54) is 6.42 Å². The van der Waals surface area contributed by atoms with Crippen LogP contribution in [0.3, 0.4) is 0 Å². The Balaban J connectivity index is 2.28. The van der Waals surface area contributed by atoms with Crippen molar-refractivity contribution in [3.8, 4) is 5.75 Å². The lowest BCUT2D eigenvalue weighted by Gasteiger charge is -2.16. The molecule has 18 heavy (non-hydrogen) atoms. The Labute approximate surface area is 127 Å². The van der Waals surface area contributed by atoms with E-state index in [0.29, 0.717) is 0 Å². The Morgan fingerprint density at radius 1 is 1.28 bits per heavy atom. The van der Waals surface area contributed by atoms with Crippen molar-refractivity contribution < 1.29 is 4.74 Å². The molecule has 0 bridgehead atoms. The second kappa shape index (κ2) is 8.94. The summed E-state index contributed by atoms with van der Waals surface area (Å²) in [6.45, 7) is 6.48. The van der Waals surface area contributed by atoms with Gasteiger partial charge in [0.05, 0.1) is 10.6 Å². The summed E-state index contributed by atoms with van der Waals surface area (Å²) in [6, 6.07) is 5.99. The van der Waals surface area contributed by atoms with Gasteiger partial charge in [-0.1, -0.05) is 22.9 Å². The molecule has 0 fully saturated rings. The zero-order valence-corrected chi connectivity index (χ0v) is 14.2. The first-order valence-electron chi connectivity index (χ1n) is 6.46. The van der Waals surface area contributed by atoms with Crippen LogP contribution in [0.5, 0.6) is 5.75 Å². The van der Waals surface area contributed by atoms with Crippen molar-refractivity contribution in [3.63, 3.8) is 0 Å². The van der Waals surface area contributed by atoms with Crippen LogP contribution >= 0.6 is 31.9 Å². The van der Waals surface area contributed by atoms with Gasteiger partial charge < -0.3 is 10.1 Å². The maximum atomic E-state index is 5.91. The molecule has 2 nitrogen and oxygen atoms in total. The predicted octanol–water partition coefficient (Wildman–Crippen LogP) is 4.76. The maximum Gasteiger partial charge on any atom is 0.133 e. The van der Waals surface area contributed by atoms with Crippen LogP contribution in [0, 0.1) is 0 Å². The predicted molar refractivity (Wildman–Crippen MR) is 84.3 cm³/mol. The van der Waals surface area contributed by atoms with Crippen molar-refractivity contribution in [2.75, 3.05) is 13.1 Å². The van der Waals surface area contributed by atoms with Crippen LogP contribution in [-0.4, -0.2) is 19.2 Å². The Bertz CT molecular complexity index is 358. The quantitative estimate of drug-likeness (QED) is 0.658. The first-order chi connectivity index (χ1) is 8.63. The van der Waals surface area contributed by atoms with E-state index in [2.05, 4.69) is 51.0 Å². The van der Waals surface area contributed by atoms with Gasteiger partial charge in [-0.25, -0.2) is 0 Å². The summed E-state index contributed by atoms with van der Waals surface area (Å²) >= 11 is 6.95. The molecule has 0 radical (unpaired) electrons. The van der Waals surface area contributed by atoms with Gasteiger partial charge in [0, 0.05) is 4.47 Å². The third kappa shape index (κ3) is 6.21. The average molecular weight is 379 g/mol. The van der Waals surface area contributed by atoms with Crippen LogP contribution in [0.4, 0.5) is 0 Å². The number of benzene rings is 1. The third-order valence-corrected chi connectivity index (χ3v) is 3.73. The van der Waals surface area contributed by atoms with E-state index in [1.54, 1.807) is 0 Å². The van der Waals surface area contributed by atoms with Gasteiger partial charge in [0.15, 0.2) is 0 Å². The first-order valence-corrected chi connectivity index (χ1v) is 8.04. The van der Waals surface area contributed by atoms with E-state index in [9.17, 15) is 0 Å². The van der Waals surface area contributed by atoms with E-state index in [0.717, 1.165) is 40.6 Å². The average Bonchev–Trinajstić information content (AvgIpc) is 2.32. The van der Waals surface area contributed by atoms with Crippen LogP contribution in [0.1, 0.15) is 33.1 Å².